The van der Waals surface area contributed by atoms with Crippen molar-refractivity contribution in [2.45, 2.75) is 55.6 Å². The zero-order valence-corrected chi connectivity index (χ0v) is 16.7. The number of benzene rings is 1. The number of aliphatic hydroxyl groups excluding tert-OH is 1. The highest BCUT2D eigenvalue weighted by atomic mass is 32.2. The summed E-state index contributed by atoms with van der Waals surface area (Å²) in [6, 6.07) is 3.95. The molecule has 1 N–H and O–H groups in total. The molecular formula is C19H28N2O5S. The molecule has 1 aliphatic carbocycles. The Hall–Kier alpha value is -1.64. The summed E-state index contributed by atoms with van der Waals surface area (Å²) in [5.41, 5.74) is 0.262. The van der Waals surface area contributed by atoms with Gasteiger partial charge in [-0.05, 0) is 43.9 Å². The number of rotatable bonds is 5. The highest BCUT2D eigenvalue weighted by molar-refractivity contribution is 7.89. The normalized spacial score (nSPS) is 23.6. The van der Waals surface area contributed by atoms with Crippen molar-refractivity contribution in [2.75, 3.05) is 27.2 Å². The highest BCUT2D eigenvalue weighted by Crippen LogP contribution is 2.30. The van der Waals surface area contributed by atoms with Crippen LogP contribution in [0.3, 0.4) is 0 Å². The Balaban J connectivity index is 1.93. The molecule has 7 nitrogen and oxygen atoms in total. The molecule has 2 fully saturated rings. The maximum Gasteiger partial charge on any atom is 0.257 e. The minimum Gasteiger partial charge on any atom is -0.496 e. The van der Waals surface area contributed by atoms with Gasteiger partial charge in [0, 0.05) is 20.1 Å². The number of nitrogens with zero attached hydrogens (tertiary/aromatic N) is 2. The Kier molecular flexibility index (Phi) is 6.08. The molecule has 3 rings (SSSR count). The average Bonchev–Trinajstić information content (AvgIpc) is 3.21. The second kappa shape index (κ2) is 8.16. The maximum absolute atomic E-state index is 13.1. The Bertz CT molecular complexity index is 789. The van der Waals surface area contributed by atoms with Crippen molar-refractivity contribution in [1.82, 2.24) is 9.21 Å². The molecule has 1 saturated heterocycles. The molecule has 1 heterocycles. The molecule has 2 atom stereocenters. The number of methoxy groups -OCH3 is 1. The number of hydrogen-bond acceptors (Lipinski definition) is 5. The van der Waals surface area contributed by atoms with Crippen LogP contribution in [-0.4, -0.2) is 68.0 Å². The van der Waals surface area contributed by atoms with E-state index in [2.05, 4.69) is 0 Å². The molecule has 0 aromatic heterocycles. The molecule has 1 saturated carbocycles. The summed E-state index contributed by atoms with van der Waals surface area (Å²) in [7, 11) is -0.861. The van der Waals surface area contributed by atoms with Gasteiger partial charge < -0.3 is 14.7 Å². The van der Waals surface area contributed by atoms with Crippen LogP contribution in [0.15, 0.2) is 23.1 Å². The lowest BCUT2D eigenvalue weighted by Crippen LogP contribution is -2.46. The Morgan fingerprint density at radius 1 is 1.19 bits per heavy atom. The monoisotopic (exact) mass is 396 g/mol. The first-order chi connectivity index (χ1) is 12.9. The van der Waals surface area contributed by atoms with Gasteiger partial charge in [-0.2, -0.15) is 4.31 Å². The van der Waals surface area contributed by atoms with Crippen LogP contribution < -0.4 is 4.74 Å². The fourth-order valence-electron chi connectivity index (χ4n) is 3.97. The van der Waals surface area contributed by atoms with E-state index < -0.39 is 22.2 Å². The SMILES string of the molecule is COc1ccc(S(=O)(=O)N(C)[C@H]2CCCC[C@H]2O)cc1C(=O)N1CCCC1. The number of carbonyl (C=O) groups excluding carboxylic acids is 1. The molecule has 1 aromatic rings. The fraction of sp³-hybridized carbons (Fsp3) is 0.632. The first-order valence-corrected chi connectivity index (χ1v) is 10.9. The van der Waals surface area contributed by atoms with Crippen molar-refractivity contribution in [2.24, 2.45) is 0 Å². The minimum absolute atomic E-state index is 0.0473. The average molecular weight is 397 g/mol. The predicted molar refractivity (Wildman–Crippen MR) is 101 cm³/mol. The minimum atomic E-state index is -3.83. The molecule has 1 aliphatic heterocycles. The van der Waals surface area contributed by atoms with Crippen LogP contribution in [0.4, 0.5) is 0 Å². The molecule has 0 radical (unpaired) electrons. The van der Waals surface area contributed by atoms with Crippen LogP contribution in [0.25, 0.3) is 0 Å². The Labute approximate surface area is 161 Å². The number of likely N-dealkylation sites (N-methyl/N-ethyl adjacent to an activating group) is 1. The topological polar surface area (TPSA) is 87.1 Å². The second-order valence-electron chi connectivity index (χ2n) is 7.30. The first kappa shape index (κ1) is 20.1. The third kappa shape index (κ3) is 3.97. The summed E-state index contributed by atoms with van der Waals surface area (Å²) in [5.74, 6) is 0.160. The van der Waals surface area contributed by atoms with Crippen LogP contribution in [0, 0.1) is 0 Å². The van der Waals surface area contributed by atoms with Gasteiger partial charge in [0.05, 0.1) is 29.7 Å². The standard InChI is InChI=1S/C19H28N2O5S/c1-20(16-7-3-4-8-17(16)22)27(24,25)14-9-10-18(26-2)15(13-14)19(23)21-11-5-6-12-21/h9-10,13,16-17,22H,3-8,11-12H2,1-2H3/t16-,17+/m0/s1. The number of carbonyl (C=O) groups is 1. The van der Waals surface area contributed by atoms with Gasteiger partial charge in [-0.25, -0.2) is 8.42 Å². The summed E-state index contributed by atoms with van der Waals surface area (Å²) in [4.78, 5) is 14.6. The summed E-state index contributed by atoms with van der Waals surface area (Å²) < 4.78 is 32.8. The van der Waals surface area contributed by atoms with Crippen molar-refractivity contribution >= 4 is 15.9 Å². The van der Waals surface area contributed by atoms with E-state index in [1.807, 2.05) is 0 Å². The van der Waals surface area contributed by atoms with Gasteiger partial charge >= 0.3 is 0 Å². The summed E-state index contributed by atoms with van der Waals surface area (Å²) in [6.45, 7) is 1.35. The van der Waals surface area contributed by atoms with E-state index in [0.29, 0.717) is 31.7 Å². The van der Waals surface area contributed by atoms with E-state index in [1.54, 1.807) is 4.90 Å². The number of amides is 1. The van der Waals surface area contributed by atoms with E-state index in [1.165, 1.54) is 36.7 Å². The lowest BCUT2D eigenvalue weighted by molar-refractivity contribution is 0.0638. The molecule has 0 spiro atoms. The number of aliphatic hydroxyl groups is 1. The van der Waals surface area contributed by atoms with Gasteiger partial charge in [-0.3, -0.25) is 4.79 Å². The van der Waals surface area contributed by atoms with Crippen LogP contribution >= 0.6 is 0 Å². The summed E-state index contributed by atoms with van der Waals surface area (Å²) in [5, 5.41) is 10.2. The Morgan fingerprint density at radius 3 is 2.48 bits per heavy atom. The molecular weight excluding hydrogens is 368 g/mol. The highest BCUT2D eigenvalue weighted by Gasteiger charge is 2.35. The zero-order valence-electron chi connectivity index (χ0n) is 15.9. The lowest BCUT2D eigenvalue weighted by atomic mass is 9.93. The van der Waals surface area contributed by atoms with Crippen molar-refractivity contribution in [3.05, 3.63) is 23.8 Å². The Morgan fingerprint density at radius 2 is 1.85 bits per heavy atom. The molecule has 0 bridgehead atoms. The van der Waals surface area contributed by atoms with Crippen LogP contribution in [0.5, 0.6) is 5.75 Å². The fourth-order valence-corrected chi connectivity index (χ4v) is 5.41. The lowest BCUT2D eigenvalue weighted by Gasteiger charge is -2.34. The van der Waals surface area contributed by atoms with Gasteiger partial charge in [0.2, 0.25) is 10.0 Å². The van der Waals surface area contributed by atoms with Crippen LogP contribution in [0.1, 0.15) is 48.9 Å². The molecule has 1 amide bonds. The predicted octanol–water partition coefficient (Wildman–Crippen LogP) is 1.86. The largest absolute Gasteiger partial charge is 0.496 e. The number of likely N-dealkylation sites (tertiary alicyclic amines) is 1. The number of sulfonamides is 1. The molecule has 2 aliphatic rings. The van der Waals surface area contributed by atoms with Gasteiger partial charge in [0.1, 0.15) is 5.75 Å². The number of hydrogen-bond donors (Lipinski definition) is 1. The zero-order chi connectivity index (χ0) is 19.6. The van der Waals surface area contributed by atoms with Gasteiger partial charge in [0.15, 0.2) is 0 Å². The van der Waals surface area contributed by atoms with E-state index in [0.717, 1.165) is 25.7 Å². The van der Waals surface area contributed by atoms with Crippen LogP contribution in [0.2, 0.25) is 0 Å². The van der Waals surface area contributed by atoms with E-state index in [-0.39, 0.29) is 16.4 Å². The van der Waals surface area contributed by atoms with E-state index in [9.17, 15) is 18.3 Å². The van der Waals surface area contributed by atoms with Gasteiger partial charge in [-0.1, -0.05) is 12.8 Å². The van der Waals surface area contributed by atoms with Crippen molar-refractivity contribution < 1.29 is 23.1 Å². The van der Waals surface area contributed by atoms with Crippen molar-refractivity contribution in [1.29, 1.82) is 0 Å². The maximum atomic E-state index is 13.1. The molecule has 8 heteroatoms. The molecule has 27 heavy (non-hydrogen) atoms. The summed E-state index contributed by atoms with van der Waals surface area (Å²) >= 11 is 0. The second-order valence-corrected chi connectivity index (χ2v) is 9.30. The smallest absolute Gasteiger partial charge is 0.257 e. The molecule has 0 unspecified atom stereocenters. The van der Waals surface area contributed by atoms with E-state index >= 15 is 0 Å². The van der Waals surface area contributed by atoms with Crippen molar-refractivity contribution in [3.8, 4) is 5.75 Å². The molecule has 1 aromatic carbocycles. The number of ether oxygens (including phenoxy) is 1. The third-order valence-electron chi connectivity index (χ3n) is 5.63. The summed E-state index contributed by atoms with van der Waals surface area (Å²) in [6.07, 6.45) is 4.27. The van der Waals surface area contributed by atoms with Crippen LogP contribution in [-0.2, 0) is 10.0 Å². The molecule has 150 valence electrons. The quantitative estimate of drug-likeness (QED) is 0.821. The van der Waals surface area contributed by atoms with Gasteiger partial charge in [-0.15, -0.1) is 0 Å². The first-order valence-electron chi connectivity index (χ1n) is 9.49. The van der Waals surface area contributed by atoms with E-state index in [4.69, 9.17) is 4.74 Å². The van der Waals surface area contributed by atoms with Crippen molar-refractivity contribution in [3.63, 3.8) is 0 Å². The third-order valence-corrected chi connectivity index (χ3v) is 7.51. The van der Waals surface area contributed by atoms with Gasteiger partial charge in [0.25, 0.3) is 5.91 Å².